The fourth-order valence-corrected chi connectivity index (χ4v) is 4.13. The quantitative estimate of drug-likeness (QED) is 0.455. The van der Waals surface area contributed by atoms with E-state index in [0.29, 0.717) is 0 Å². The number of hydrogen-bond acceptors (Lipinski definition) is 4. The van der Waals surface area contributed by atoms with Gasteiger partial charge in [-0.15, -0.1) is 0 Å². The standard InChI is InChI=1S/C22H21N3O/c1-13-9-10-16-17-11-12-23-14(2)21(17)26-22(16)20(13)25-15(3)24(4)18-7-5-6-8-19(18)25/h5-12,15H,1-4H3/t15-/m0/s1. The molecule has 1 atom stereocenters. The van der Waals surface area contributed by atoms with Crippen LogP contribution in [0.5, 0.6) is 0 Å². The van der Waals surface area contributed by atoms with Crippen molar-refractivity contribution in [2.45, 2.75) is 26.9 Å². The van der Waals surface area contributed by atoms with E-state index in [9.17, 15) is 0 Å². The van der Waals surface area contributed by atoms with Crippen molar-refractivity contribution in [1.29, 1.82) is 0 Å². The monoisotopic (exact) mass is 343 g/mol. The Kier molecular flexibility index (Phi) is 3.08. The third kappa shape index (κ3) is 1.87. The van der Waals surface area contributed by atoms with E-state index in [0.717, 1.165) is 33.3 Å². The van der Waals surface area contributed by atoms with Gasteiger partial charge in [-0.05, 0) is 44.5 Å². The summed E-state index contributed by atoms with van der Waals surface area (Å²) in [5.74, 6) is 0. The van der Waals surface area contributed by atoms with E-state index in [1.807, 2.05) is 19.2 Å². The molecule has 0 saturated heterocycles. The van der Waals surface area contributed by atoms with E-state index < -0.39 is 0 Å². The zero-order valence-corrected chi connectivity index (χ0v) is 15.4. The second-order valence-electron chi connectivity index (χ2n) is 7.08. The van der Waals surface area contributed by atoms with E-state index in [1.54, 1.807) is 0 Å². The molecule has 0 spiro atoms. The van der Waals surface area contributed by atoms with Gasteiger partial charge in [-0.2, -0.15) is 0 Å². The van der Waals surface area contributed by atoms with Crippen LogP contribution < -0.4 is 9.80 Å². The molecule has 3 heterocycles. The van der Waals surface area contributed by atoms with Gasteiger partial charge in [0, 0.05) is 24.0 Å². The molecule has 26 heavy (non-hydrogen) atoms. The van der Waals surface area contributed by atoms with Gasteiger partial charge in [-0.3, -0.25) is 4.98 Å². The Balaban J connectivity index is 1.86. The number of pyridine rings is 1. The molecule has 2 aromatic heterocycles. The van der Waals surface area contributed by atoms with Gasteiger partial charge in [0.2, 0.25) is 0 Å². The summed E-state index contributed by atoms with van der Waals surface area (Å²) >= 11 is 0. The summed E-state index contributed by atoms with van der Waals surface area (Å²) in [6, 6.07) is 14.9. The van der Waals surface area contributed by atoms with Gasteiger partial charge in [0.15, 0.2) is 11.2 Å². The fraction of sp³-hybridized carbons (Fsp3) is 0.227. The van der Waals surface area contributed by atoms with Crippen LogP contribution in [0, 0.1) is 13.8 Å². The molecule has 4 heteroatoms. The highest BCUT2D eigenvalue weighted by atomic mass is 16.3. The highest BCUT2D eigenvalue weighted by Gasteiger charge is 2.34. The van der Waals surface area contributed by atoms with E-state index in [1.165, 1.54) is 16.9 Å². The van der Waals surface area contributed by atoms with Crippen LogP contribution in [0.3, 0.4) is 0 Å². The number of para-hydroxylation sites is 2. The third-order valence-electron chi connectivity index (χ3n) is 5.61. The molecule has 2 aromatic carbocycles. The molecular formula is C22H21N3O. The van der Waals surface area contributed by atoms with Crippen molar-refractivity contribution in [2.24, 2.45) is 0 Å². The Hall–Kier alpha value is -3.01. The van der Waals surface area contributed by atoms with Crippen LogP contribution >= 0.6 is 0 Å². The average molecular weight is 343 g/mol. The number of furan rings is 1. The second kappa shape index (κ2) is 5.24. The first-order valence-corrected chi connectivity index (χ1v) is 8.96. The number of anilines is 3. The maximum absolute atomic E-state index is 6.38. The van der Waals surface area contributed by atoms with Gasteiger partial charge >= 0.3 is 0 Å². The number of rotatable bonds is 1. The summed E-state index contributed by atoms with van der Waals surface area (Å²) in [6.45, 7) is 6.38. The highest BCUT2D eigenvalue weighted by Crippen LogP contribution is 2.47. The maximum Gasteiger partial charge on any atom is 0.159 e. The second-order valence-corrected chi connectivity index (χ2v) is 7.08. The molecule has 0 saturated carbocycles. The van der Waals surface area contributed by atoms with Crippen molar-refractivity contribution in [1.82, 2.24) is 4.98 Å². The Morgan fingerprint density at radius 2 is 1.65 bits per heavy atom. The molecule has 0 radical (unpaired) electrons. The van der Waals surface area contributed by atoms with Gasteiger partial charge in [0.25, 0.3) is 0 Å². The minimum absolute atomic E-state index is 0.212. The normalized spacial score (nSPS) is 16.7. The van der Waals surface area contributed by atoms with E-state index in [2.05, 4.69) is 72.1 Å². The predicted molar refractivity (Wildman–Crippen MR) is 107 cm³/mol. The molecule has 0 N–H and O–H groups in total. The largest absolute Gasteiger partial charge is 0.452 e. The van der Waals surface area contributed by atoms with Crippen LogP contribution in [-0.4, -0.2) is 18.2 Å². The number of aryl methyl sites for hydroxylation is 2. The zero-order chi connectivity index (χ0) is 18.0. The Morgan fingerprint density at radius 1 is 0.923 bits per heavy atom. The summed E-state index contributed by atoms with van der Waals surface area (Å²) in [7, 11) is 2.14. The molecular weight excluding hydrogens is 322 g/mol. The first kappa shape index (κ1) is 15.3. The van der Waals surface area contributed by atoms with E-state index in [4.69, 9.17) is 4.42 Å². The molecule has 0 bridgehead atoms. The number of benzene rings is 2. The molecule has 0 aliphatic carbocycles. The van der Waals surface area contributed by atoms with Gasteiger partial charge in [-0.25, -0.2) is 0 Å². The molecule has 130 valence electrons. The number of nitrogens with zero attached hydrogens (tertiary/aromatic N) is 3. The van der Waals surface area contributed by atoms with Crippen LogP contribution in [0.15, 0.2) is 53.1 Å². The van der Waals surface area contributed by atoms with Crippen molar-refractivity contribution in [3.05, 3.63) is 59.9 Å². The predicted octanol–water partition coefficient (Wildman–Crippen LogP) is 5.53. The smallest absolute Gasteiger partial charge is 0.159 e. The molecule has 5 rings (SSSR count). The average Bonchev–Trinajstić information content (AvgIpc) is 3.14. The van der Waals surface area contributed by atoms with E-state index in [-0.39, 0.29) is 6.17 Å². The van der Waals surface area contributed by atoms with Crippen molar-refractivity contribution in [2.75, 3.05) is 16.8 Å². The van der Waals surface area contributed by atoms with E-state index >= 15 is 0 Å². The Labute approximate surface area is 152 Å². The third-order valence-corrected chi connectivity index (χ3v) is 5.61. The van der Waals surface area contributed by atoms with Crippen LogP contribution in [0.25, 0.3) is 21.9 Å². The summed E-state index contributed by atoms with van der Waals surface area (Å²) < 4.78 is 6.38. The van der Waals surface area contributed by atoms with Crippen LogP contribution in [0.1, 0.15) is 18.2 Å². The minimum Gasteiger partial charge on any atom is -0.452 e. The van der Waals surface area contributed by atoms with Crippen molar-refractivity contribution in [3.8, 4) is 0 Å². The topological polar surface area (TPSA) is 32.5 Å². The van der Waals surface area contributed by atoms with Crippen LogP contribution in [-0.2, 0) is 0 Å². The lowest BCUT2D eigenvalue weighted by Gasteiger charge is -2.29. The van der Waals surface area contributed by atoms with Gasteiger partial charge in [-0.1, -0.05) is 24.3 Å². The van der Waals surface area contributed by atoms with Crippen LogP contribution in [0.2, 0.25) is 0 Å². The maximum atomic E-state index is 6.38. The number of hydrogen-bond donors (Lipinski definition) is 0. The van der Waals surface area contributed by atoms with Gasteiger partial charge < -0.3 is 14.2 Å². The highest BCUT2D eigenvalue weighted by molar-refractivity contribution is 6.11. The molecule has 0 amide bonds. The Bertz CT molecular complexity index is 1160. The lowest BCUT2D eigenvalue weighted by molar-refractivity contribution is 0.656. The van der Waals surface area contributed by atoms with Crippen molar-refractivity contribution >= 4 is 39.0 Å². The first-order chi connectivity index (χ1) is 12.6. The zero-order valence-electron chi connectivity index (χ0n) is 15.4. The number of aromatic nitrogens is 1. The minimum atomic E-state index is 0.212. The molecule has 4 aromatic rings. The summed E-state index contributed by atoms with van der Waals surface area (Å²) in [5, 5.41) is 2.27. The molecule has 0 fully saturated rings. The van der Waals surface area contributed by atoms with Gasteiger partial charge in [0.05, 0.1) is 22.8 Å². The van der Waals surface area contributed by atoms with Crippen molar-refractivity contribution in [3.63, 3.8) is 0 Å². The molecule has 1 aliphatic rings. The molecule has 1 aliphatic heterocycles. The van der Waals surface area contributed by atoms with Gasteiger partial charge in [0.1, 0.15) is 6.17 Å². The summed E-state index contributed by atoms with van der Waals surface area (Å²) in [4.78, 5) is 9.10. The number of fused-ring (bicyclic) bond motifs is 4. The molecule has 0 unspecified atom stereocenters. The molecule has 4 nitrogen and oxygen atoms in total. The first-order valence-electron chi connectivity index (χ1n) is 8.96. The SMILES string of the molecule is Cc1ccc2c(oc3c(C)nccc32)c1N1c2ccccc2N(C)[C@@H]1C. The summed E-state index contributed by atoms with van der Waals surface area (Å²) in [6.07, 6.45) is 2.07. The summed E-state index contributed by atoms with van der Waals surface area (Å²) in [5.41, 5.74) is 7.55. The lowest BCUT2D eigenvalue weighted by Crippen LogP contribution is -2.36. The lowest BCUT2D eigenvalue weighted by atomic mass is 10.1. The fourth-order valence-electron chi connectivity index (χ4n) is 4.13. The van der Waals surface area contributed by atoms with Crippen molar-refractivity contribution < 1.29 is 4.42 Å². The van der Waals surface area contributed by atoms with Crippen LogP contribution in [0.4, 0.5) is 17.1 Å². The Morgan fingerprint density at radius 3 is 2.46 bits per heavy atom.